The fourth-order valence-corrected chi connectivity index (χ4v) is 9.48. The molecule has 278 valence electrons. The Hall–Kier alpha value is -4.10. The second-order valence-electron chi connectivity index (χ2n) is 15.6. The molecule has 3 N–H and O–H groups in total. The number of hydrogen-bond donors (Lipinski definition) is 3. The minimum Gasteiger partial charge on any atom is -0.374 e. The molecule has 4 fully saturated rings. The molecule has 2 saturated carbocycles. The van der Waals surface area contributed by atoms with Gasteiger partial charge in [0.1, 0.15) is 17.6 Å². The van der Waals surface area contributed by atoms with E-state index in [9.17, 15) is 14.7 Å². The summed E-state index contributed by atoms with van der Waals surface area (Å²) in [5.41, 5.74) is 4.75. The first-order valence-corrected chi connectivity index (χ1v) is 19.5. The van der Waals surface area contributed by atoms with Crippen LogP contribution in [0.15, 0.2) is 42.7 Å². The fraction of sp³-hybridized carbons (Fsp3) is 0.500. The Bertz CT molecular complexity index is 2100. The molecule has 0 bridgehead atoms. The summed E-state index contributed by atoms with van der Waals surface area (Å²) in [5, 5.41) is 16.6. The highest BCUT2D eigenvalue weighted by Crippen LogP contribution is 2.52. The molecule has 13 heteroatoms. The minimum absolute atomic E-state index is 0.0454. The number of piperidine rings is 2. The Morgan fingerprint density at radius 1 is 1.02 bits per heavy atom. The average molecular weight is 741 g/mol. The lowest BCUT2D eigenvalue weighted by Crippen LogP contribution is -2.58. The number of halogens is 2. The first-order chi connectivity index (χ1) is 25.6. The molecule has 2 aliphatic carbocycles. The highest BCUT2D eigenvalue weighted by molar-refractivity contribution is 6.31. The molecule has 1 atom stereocenters. The van der Waals surface area contributed by atoms with Gasteiger partial charge in [0.2, 0.25) is 11.8 Å². The molecule has 2 amide bonds. The second-order valence-corrected chi connectivity index (χ2v) is 16.1. The largest absolute Gasteiger partial charge is 0.374 e. The van der Waals surface area contributed by atoms with Gasteiger partial charge in [-0.25, -0.2) is 14.4 Å². The van der Waals surface area contributed by atoms with Crippen LogP contribution in [0.3, 0.4) is 0 Å². The summed E-state index contributed by atoms with van der Waals surface area (Å²) >= 11 is 6.32. The molecule has 0 radical (unpaired) electrons. The van der Waals surface area contributed by atoms with E-state index >= 15 is 4.39 Å². The number of nitrogens with zero attached hydrogens (tertiary/aromatic N) is 6. The zero-order chi connectivity index (χ0) is 36.6. The number of fused-ring (bicyclic) bond motifs is 3. The summed E-state index contributed by atoms with van der Waals surface area (Å²) in [6.45, 7) is 4.98. The number of nitrogens with one attached hydrogen (secondary N) is 2. The number of rotatable bonds is 8. The first-order valence-electron chi connectivity index (χ1n) is 19.1. The summed E-state index contributed by atoms with van der Waals surface area (Å²) in [6, 6.07) is 11.8. The quantitative estimate of drug-likeness (QED) is 0.177. The van der Waals surface area contributed by atoms with Crippen LogP contribution >= 0.6 is 11.6 Å². The summed E-state index contributed by atoms with van der Waals surface area (Å²) in [5.74, 6) is 0.0691. The zero-order valence-electron chi connectivity index (χ0n) is 30.2. The Kier molecular flexibility index (Phi) is 8.72. The average Bonchev–Trinajstić information content (AvgIpc) is 3.86. The molecule has 3 aliphatic heterocycles. The van der Waals surface area contributed by atoms with Crippen LogP contribution in [-0.2, 0) is 15.0 Å². The van der Waals surface area contributed by atoms with Crippen LogP contribution in [-0.4, -0.2) is 86.6 Å². The highest BCUT2D eigenvalue weighted by Gasteiger charge is 2.55. The van der Waals surface area contributed by atoms with E-state index in [1.165, 1.54) is 31.4 Å². The van der Waals surface area contributed by atoms with E-state index in [0.717, 1.165) is 66.6 Å². The Labute approximate surface area is 313 Å². The number of carbonyl (C=O) groups excluding carboxylic acids is 2. The molecule has 2 saturated heterocycles. The van der Waals surface area contributed by atoms with Crippen LogP contribution in [0.5, 0.6) is 0 Å². The van der Waals surface area contributed by atoms with Crippen molar-refractivity contribution in [2.24, 2.45) is 0 Å². The lowest BCUT2D eigenvalue weighted by Gasteiger charge is -2.48. The molecule has 1 unspecified atom stereocenters. The minimum atomic E-state index is -1.08. The molecule has 11 nitrogen and oxygen atoms in total. The van der Waals surface area contributed by atoms with Gasteiger partial charge in [-0.05, 0) is 101 Å². The lowest BCUT2D eigenvalue weighted by atomic mass is 9.73. The van der Waals surface area contributed by atoms with E-state index < -0.39 is 17.5 Å². The topological polar surface area (TPSA) is 119 Å². The van der Waals surface area contributed by atoms with Crippen molar-refractivity contribution in [3.63, 3.8) is 0 Å². The zero-order valence-corrected chi connectivity index (χ0v) is 31.0. The van der Waals surface area contributed by atoms with Crippen molar-refractivity contribution in [3.05, 3.63) is 64.7 Å². The first kappa shape index (κ1) is 34.7. The van der Waals surface area contributed by atoms with E-state index in [2.05, 4.69) is 37.1 Å². The maximum absolute atomic E-state index is 15.5. The van der Waals surface area contributed by atoms with Crippen molar-refractivity contribution in [2.75, 3.05) is 43.4 Å². The van der Waals surface area contributed by atoms with E-state index in [1.807, 2.05) is 23.4 Å². The maximum Gasteiger partial charge on any atom is 0.238 e. The van der Waals surface area contributed by atoms with Crippen molar-refractivity contribution in [1.29, 1.82) is 0 Å². The van der Waals surface area contributed by atoms with Crippen LogP contribution in [0.2, 0.25) is 5.02 Å². The number of likely N-dealkylation sites (tertiary alicyclic amines) is 2. The molecule has 5 heterocycles. The summed E-state index contributed by atoms with van der Waals surface area (Å²) in [4.78, 5) is 43.5. The van der Waals surface area contributed by atoms with Gasteiger partial charge < -0.3 is 29.7 Å². The van der Waals surface area contributed by atoms with Gasteiger partial charge in [-0.3, -0.25) is 14.9 Å². The van der Waals surface area contributed by atoms with Crippen LogP contribution in [0.4, 0.5) is 21.6 Å². The monoisotopic (exact) mass is 740 g/mol. The third-order valence-corrected chi connectivity index (χ3v) is 12.8. The van der Waals surface area contributed by atoms with E-state index in [4.69, 9.17) is 21.6 Å². The smallest absolute Gasteiger partial charge is 0.238 e. The molecule has 53 heavy (non-hydrogen) atoms. The van der Waals surface area contributed by atoms with Crippen LogP contribution in [0.25, 0.3) is 22.3 Å². The second kappa shape index (κ2) is 13.3. The number of imidazole rings is 1. The number of hydrogen-bond acceptors (Lipinski definition) is 8. The fourth-order valence-electron chi connectivity index (χ4n) is 9.23. The van der Waals surface area contributed by atoms with Crippen molar-refractivity contribution in [2.45, 2.75) is 94.5 Å². The van der Waals surface area contributed by atoms with E-state index in [-0.39, 0.29) is 28.6 Å². The maximum atomic E-state index is 15.5. The van der Waals surface area contributed by atoms with Crippen LogP contribution in [0, 0.1) is 5.82 Å². The Balaban J connectivity index is 1.11. The lowest BCUT2D eigenvalue weighted by molar-refractivity contribution is -0.134. The van der Waals surface area contributed by atoms with E-state index in [1.54, 1.807) is 14.0 Å². The van der Waals surface area contributed by atoms with Gasteiger partial charge in [-0.1, -0.05) is 30.2 Å². The number of aromatic nitrogens is 3. The van der Waals surface area contributed by atoms with Crippen molar-refractivity contribution in [1.82, 2.24) is 29.7 Å². The number of aliphatic hydroxyl groups is 1. The number of anilines is 3. The SMILES string of the molecule is CNC(O)c1cc(Nc2nc(-c3ccc4c(c3)N(C3CC(N5CCCCC5)C3)C(=O)C43CCN(C(C)=O)CC3)cc3ncn(C4CC4)c23)c(F)cc1Cl. The number of carbonyl (C=O) groups is 2. The summed E-state index contributed by atoms with van der Waals surface area (Å²) in [6.07, 6.45) is 9.68. The molecule has 9 rings (SSSR count). The van der Waals surface area contributed by atoms with Gasteiger partial charge in [-0.15, -0.1) is 0 Å². The van der Waals surface area contributed by atoms with Crippen molar-refractivity contribution >= 4 is 51.6 Å². The van der Waals surface area contributed by atoms with Gasteiger partial charge in [0.25, 0.3) is 0 Å². The standard InChI is InChI=1S/C40H46ClFN8O3/c1-23(51)47-14-10-40(11-15-47)29-9-6-24(16-35(29)50(39(40)53)27-17-26(18-27)48-12-4-3-5-13-48)32-21-34-36(49(22-44-34)25-7-8-25)37(45-32)46-33-19-28(38(52)43-2)30(41)20-31(33)42/h6,9,16,19-22,25-27,38,43,52H,3-5,7-8,10-15,17-18H2,1-2H3,(H,45,46). The van der Waals surface area contributed by atoms with E-state index in [0.29, 0.717) is 55.1 Å². The molecule has 2 aromatic carbocycles. The molecule has 2 aromatic heterocycles. The van der Waals surface area contributed by atoms with Gasteiger partial charge in [0, 0.05) is 55.0 Å². The number of amides is 2. The van der Waals surface area contributed by atoms with Crippen molar-refractivity contribution < 1.29 is 19.1 Å². The predicted octanol–water partition coefficient (Wildman–Crippen LogP) is 6.42. The number of pyridine rings is 1. The summed E-state index contributed by atoms with van der Waals surface area (Å²) in [7, 11) is 1.60. The predicted molar refractivity (Wildman–Crippen MR) is 203 cm³/mol. The summed E-state index contributed by atoms with van der Waals surface area (Å²) < 4.78 is 17.6. The third kappa shape index (κ3) is 5.89. The van der Waals surface area contributed by atoms with Gasteiger partial charge in [0.15, 0.2) is 5.82 Å². The molecule has 4 aromatic rings. The van der Waals surface area contributed by atoms with Crippen LogP contribution in [0.1, 0.15) is 88.1 Å². The number of benzene rings is 2. The number of aliphatic hydroxyl groups excluding tert-OH is 1. The Morgan fingerprint density at radius 3 is 2.47 bits per heavy atom. The van der Waals surface area contributed by atoms with Crippen LogP contribution < -0.4 is 15.5 Å². The normalized spacial score (nSPS) is 23.4. The Morgan fingerprint density at radius 2 is 1.77 bits per heavy atom. The van der Waals surface area contributed by atoms with Gasteiger partial charge in [0.05, 0.1) is 33.7 Å². The molecular weight excluding hydrogens is 695 g/mol. The molecule has 5 aliphatic rings. The van der Waals surface area contributed by atoms with Gasteiger partial charge >= 0.3 is 0 Å². The van der Waals surface area contributed by atoms with Gasteiger partial charge in [-0.2, -0.15) is 0 Å². The highest BCUT2D eigenvalue weighted by atomic mass is 35.5. The van der Waals surface area contributed by atoms with Crippen molar-refractivity contribution in [3.8, 4) is 11.3 Å². The molecular formula is C40H46ClFN8O3. The molecule has 1 spiro atoms. The third-order valence-electron chi connectivity index (χ3n) is 12.5.